The molecule has 0 spiro atoms. The van der Waals surface area contributed by atoms with Crippen LogP contribution in [0.3, 0.4) is 0 Å². The number of imidazole rings is 1. The Hall–Kier alpha value is -2.63. The zero-order chi connectivity index (χ0) is 16.1. The summed E-state index contributed by atoms with van der Waals surface area (Å²) in [5.74, 6) is -1.02. The van der Waals surface area contributed by atoms with E-state index in [0.717, 1.165) is 11.1 Å². The van der Waals surface area contributed by atoms with Gasteiger partial charge in [-0.3, -0.25) is 14.9 Å². The number of hydrogen-bond acceptors (Lipinski definition) is 3. The molecule has 6 nitrogen and oxygen atoms in total. The smallest absolute Gasteiger partial charge is 0.316 e. The lowest BCUT2D eigenvalue weighted by molar-refractivity contribution is -0.136. The summed E-state index contributed by atoms with van der Waals surface area (Å²) in [5, 5.41) is 5.21. The normalized spacial score (nSPS) is 12.0. The Bertz CT molecular complexity index is 650. The maximum absolute atomic E-state index is 12.1. The highest BCUT2D eigenvalue weighted by Crippen LogP contribution is 2.24. The predicted octanol–water partition coefficient (Wildman–Crippen LogP) is 2.17. The van der Waals surface area contributed by atoms with Crippen LogP contribution in [0.15, 0.2) is 36.7 Å². The van der Waals surface area contributed by atoms with Crippen LogP contribution < -0.4 is 10.6 Å². The molecule has 0 radical (unpaired) electrons. The number of hydrogen-bond donors (Lipinski definition) is 3. The molecule has 0 saturated carbocycles. The molecule has 22 heavy (non-hydrogen) atoms. The maximum atomic E-state index is 12.1. The Morgan fingerprint density at radius 3 is 2.50 bits per heavy atom. The largest absolute Gasteiger partial charge is 0.341 e. The van der Waals surface area contributed by atoms with Crippen LogP contribution in [0, 0.1) is 12.8 Å². The number of H-pyrrole nitrogens is 1. The lowest BCUT2D eigenvalue weighted by Gasteiger charge is -2.24. The van der Waals surface area contributed by atoms with Crippen LogP contribution in [0.5, 0.6) is 0 Å². The first-order valence-electron chi connectivity index (χ1n) is 7.15. The standard InChI is InChI=1S/C16H20N4O2/c1-10(2)13(12-7-5-4-6-11(12)3)19-14(21)15(22)20-16-17-8-9-18-16/h4-10,13H,1-3H3,(H,19,21)(H2,17,18,20,22). The minimum absolute atomic E-state index is 0.154. The summed E-state index contributed by atoms with van der Waals surface area (Å²) >= 11 is 0. The molecular weight excluding hydrogens is 280 g/mol. The molecule has 0 aliphatic carbocycles. The van der Waals surface area contributed by atoms with E-state index in [-0.39, 0.29) is 17.9 Å². The van der Waals surface area contributed by atoms with Crippen LogP contribution in [-0.4, -0.2) is 21.8 Å². The van der Waals surface area contributed by atoms with E-state index < -0.39 is 11.8 Å². The number of aromatic amines is 1. The Morgan fingerprint density at radius 2 is 1.91 bits per heavy atom. The van der Waals surface area contributed by atoms with Crippen LogP contribution in [-0.2, 0) is 9.59 Å². The highest BCUT2D eigenvalue weighted by molar-refractivity contribution is 6.39. The molecule has 2 rings (SSSR count). The number of benzene rings is 1. The SMILES string of the molecule is Cc1ccccc1C(NC(=O)C(=O)Nc1ncc[nH]1)C(C)C. The van der Waals surface area contributed by atoms with Gasteiger partial charge in [0.2, 0.25) is 5.95 Å². The van der Waals surface area contributed by atoms with E-state index >= 15 is 0 Å². The van der Waals surface area contributed by atoms with Gasteiger partial charge in [0, 0.05) is 12.4 Å². The predicted molar refractivity (Wildman–Crippen MR) is 84.1 cm³/mol. The highest BCUT2D eigenvalue weighted by Gasteiger charge is 2.23. The van der Waals surface area contributed by atoms with E-state index in [4.69, 9.17) is 0 Å². The van der Waals surface area contributed by atoms with Crippen molar-refractivity contribution < 1.29 is 9.59 Å². The fourth-order valence-corrected chi connectivity index (χ4v) is 2.24. The third-order valence-corrected chi connectivity index (χ3v) is 3.41. The van der Waals surface area contributed by atoms with Gasteiger partial charge in [0.05, 0.1) is 6.04 Å². The molecule has 3 N–H and O–H groups in total. The average Bonchev–Trinajstić information content (AvgIpc) is 2.98. The number of carbonyl (C=O) groups is 2. The molecule has 2 aromatic rings. The second kappa shape index (κ2) is 6.89. The number of carbonyl (C=O) groups excluding carboxylic acids is 2. The minimum atomic E-state index is -0.741. The number of nitrogens with zero attached hydrogens (tertiary/aromatic N) is 1. The molecule has 1 heterocycles. The molecule has 1 unspecified atom stereocenters. The maximum Gasteiger partial charge on any atom is 0.316 e. The van der Waals surface area contributed by atoms with E-state index in [9.17, 15) is 9.59 Å². The van der Waals surface area contributed by atoms with Gasteiger partial charge in [-0.2, -0.15) is 0 Å². The third kappa shape index (κ3) is 3.72. The van der Waals surface area contributed by atoms with Gasteiger partial charge in [-0.1, -0.05) is 38.1 Å². The van der Waals surface area contributed by atoms with Crippen molar-refractivity contribution in [1.82, 2.24) is 15.3 Å². The first-order valence-corrected chi connectivity index (χ1v) is 7.15. The minimum Gasteiger partial charge on any atom is -0.341 e. The van der Waals surface area contributed by atoms with E-state index in [1.54, 1.807) is 6.20 Å². The molecule has 0 fully saturated rings. The summed E-state index contributed by atoms with van der Waals surface area (Å²) in [4.78, 5) is 30.6. The number of rotatable bonds is 4. The molecule has 1 aromatic heterocycles. The van der Waals surface area contributed by atoms with Crippen molar-refractivity contribution >= 4 is 17.8 Å². The average molecular weight is 300 g/mol. The van der Waals surface area contributed by atoms with Gasteiger partial charge in [-0.05, 0) is 24.0 Å². The Kier molecular flexibility index (Phi) is 4.93. The molecule has 116 valence electrons. The molecule has 1 aromatic carbocycles. The van der Waals surface area contributed by atoms with Crippen LogP contribution in [0.25, 0.3) is 0 Å². The Labute approximate surface area is 129 Å². The second-order valence-corrected chi connectivity index (χ2v) is 5.44. The van der Waals surface area contributed by atoms with E-state index in [0.29, 0.717) is 0 Å². The zero-order valence-electron chi connectivity index (χ0n) is 12.9. The van der Waals surface area contributed by atoms with Crippen molar-refractivity contribution in [2.45, 2.75) is 26.8 Å². The number of aromatic nitrogens is 2. The summed E-state index contributed by atoms with van der Waals surface area (Å²) in [6.45, 7) is 5.99. The van der Waals surface area contributed by atoms with Gasteiger partial charge in [-0.25, -0.2) is 4.98 Å². The van der Waals surface area contributed by atoms with Crippen molar-refractivity contribution in [3.63, 3.8) is 0 Å². The number of anilines is 1. The highest BCUT2D eigenvalue weighted by atomic mass is 16.2. The van der Waals surface area contributed by atoms with Crippen LogP contribution in [0.4, 0.5) is 5.95 Å². The molecule has 0 saturated heterocycles. The molecule has 6 heteroatoms. The van der Waals surface area contributed by atoms with E-state index in [1.165, 1.54) is 6.20 Å². The fraction of sp³-hybridized carbons (Fsp3) is 0.312. The molecule has 2 amide bonds. The summed E-state index contributed by atoms with van der Waals surface area (Å²) in [7, 11) is 0. The topological polar surface area (TPSA) is 86.9 Å². The van der Waals surface area contributed by atoms with Crippen LogP contribution in [0.1, 0.15) is 31.0 Å². The van der Waals surface area contributed by atoms with Crippen LogP contribution >= 0.6 is 0 Å². The fourth-order valence-electron chi connectivity index (χ4n) is 2.24. The van der Waals surface area contributed by atoms with Crippen molar-refractivity contribution in [3.05, 3.63) is 47.8 Å². The van der Waals surface area contributed by atoms with Crippen LogP contribution in [0.2, 0.25) is 0 Å². The van der Waals surface area contributed by atoms with E-state index in [1.807, 2.05) is 45.0 Å². The first-order chi connectivity index (χ1) is 10.5. The Morgan fingerprint density at radius 1 is 1.18 bits per heavy atom. The number of amides is 2. The third-order valence-electron chi connectivity index (χ3n) is 3.41. The number of aryl methyl sites for hydroxylation is 1. The molecule has 0 aliphatic rings. The van der Waals surface area contributed by atoms with Gasteiger partial charge in [0.1, 0.15) is 0 Å². The van der Waals surface area contributed by atoms with Gasteiger partial charge in [-0.15, -0.1) is 0 Å². The second-order valence-electron chi connectivity index (χ2n) is 5.44. The molecule has 0 bridgehead atoms. The van der Waals surface area contributed by atoms with Crippen molar-refractivity contribution in [2.24, 2.45) is 5.92 Å². The first kappa shape index (κ1) is 15.8. The zero-order valence-corrected chi connectivity index (χ0v) is 12.9. The molecular formula is C16H20N4O2. The van der Waals surface area contributed by atoms with Crippen molar-refractivity contribution in [3.8, 4) is 0 Å². The lowest BCUT2D eigenvalue weighted by atomic mass is 9.92. The monoisotopic (exact) mass is 300 g/mol. The van der Waals surface area contributed by atoms with Gasteiger partial charge in [0.15, 0.2) is 0 Å². The summed E-state index contributed by atoms with van der Waals surface area (Å²) in [5.41, 5.74) is 2.09. The summed E-state index contributed by atoms with van der Waals surface area (Å²) < 4.78 is 0. The Balaban J connectivity index is 2.09. The number of nitrogens with one attached hydrogen (secondary N) is 3. The summed E-state index contributed by atoms with van der Waals surface area (Å²) in [6.07, 6.45) is 3.07. The van der Waals surface area contributed by atoms with Crippen molar-refractivity contribution in [1.29, 1.82) is 0 Å². The van der Waals surface area contributed by atoms with Crippen molar-refractivity contribution in [2.75, 3.05) is 5.32 Å². The summed E-state index contributed by atoms with van der Waals surface area (Å²) in [6, 6.07) is 7.59. The van der Waals surface area contributed by atoms with E-state index in [2.05, 4.69) is 20.6 Å². The van der Waals surface area contributed by atoms with Gasteiger partial charge in [0.25, 0.3) is 0 Å². The lowest BCUT2D eigenvalue weighted by Crippen LogP contribution is -2.40. The quantitative estimate of drug-likeness (QED) is 0.756. The molecule has 1 atom stereocenters. The molecule has 0 aliphatic heterocycles. The van der Waals surface area contributed by atoms with Gasteiger partial charge >= 0.3 is 11.8 Å². The van der Waals surface area contributed by atoms with Gasteiger partial charge < -0.3 is 10.3 Å².